The first-order valence-electron chi connectivity index (χ1n) is 9.37. The van der Waals surface area contributed by atoms with E-state index in [2.05, 4.69) is 43.2 Å². The summed E-state index contributed by atoms with van der Waals surface area (Å²) in [5, 5.41) is 7.18. The first kappa shape index (κ1) is 17.4. The minimum absolute atomic E-state index is 0.197. The van der Waals surface area contributed by atoms with Gasteiger partial charge in [-0.1, -0.05) is 13.8 Å². The number of ether oxygens (including phenoxy) is 1. The Morgan fingerprint density at radius 2 is 2.04 bits per heavy atom. The number of aliphatic imine (C=N–C) groups is 1. The number of thioether (sulfide) groups is 1. The van der Waals surface area contributed by atoms with E-state index in [0.29, 0.717) is 18.1 Å². The second-order valence-corrected chi connectivity index (χ2v) is 9.04. The summed E-state index contributed by atoms with van der Waals surface area (Å²) in [6.07, 6.45) is 5.54. The van der Waals surface area contributed by atoms with Gasteiger partial charge in [-0.15, -0.1) is 0 Å². The zero-order chi connectivity index (χ0) is 16.3. The predicted molar refractivity (Wildman–Crippen MR) is 99.2 cm³/mol. The maximum Gasteiger partial charge on any atom is 0.191 e. The van der Waals surface area contributed by atoms with Gasteiger partial charge in [0.25, 0.3) is 0 Å². The molecule has 1 saturated carbocycles. The largest absolute Gasteiger partial charge is 0.377 e. The third kappa shape index (κ3) is 3.81. The van der Waals surface area contributed by atoms with Crippen molar-refractivity contribution in [2.45, 2.75) is 58.6 Å². The van der Waals surface area contributed by atoms with Gasteiger partial charge >= 0.3 is 0 Å². The molecule has 2 N–H and O–H groups in total. The van der Waals surface area contributed by atoms with Gasteiger partial charge in [-0.3, -0.25) is 4.99 Å². The molecule has 3 rings (SSSR count). The zero-order valence-corrected chi connectivity index (χ0v) is 15.8. The highest BCUT2D eigenvalue weighted by Crippen LogP contribution is 2.51. The Kier molecular flexibility index (Phi) is 5.78. The monoisotopic (exact) mass is 339 g/mol. The number of rotatable bonds is 4. The van der Waals surface area contributed by atoms with Gasteiger partial charge in [0.2, 0.25) is 0 Å². The molecule has 4 nitrogen and oxygen atoms in total. The molecule has 2 heterocycles. The Balaban J connectivity index is 1.59. The molecule has 132 valence electrons. The van der Waals surface area contributed by atoms with Crippen molar-refractivity contribution in [2.75, 3.05) is 31.2 Å². The summed E-state index contributed by atoms with van der Waals surface area (Å²) in [4.78, 5) is 4.91. The Morgan fingerprint density at radius 1 is 1.26 bits per heavy atom. The van der Waals surface area contributed by atoms with Gasteiger partial charge in [-0.05, 0) is 50.0 Å². The molecule has 0 amide bonds. The Bertz CT molecular complexity index is 420. The van der Waals surface area contributed by atoms with E-state index in [1.807, 2.05) is 0 Å². The maximum atomic E-state index is 6.02. The van der Waals surface area contributed by atoms with Crippen molar-refractivity contribution >= 4 is 17.7 Å². The van der Waals surface area contributed by atoms with Crippen molar-refractivity contribution in [3.63, 3.8) is 0 Å². The lowest BCUT2D eigenvalue weighted by molar-refractivity contribution is -0.188. The van der Waals surface area contributed by atoms with Crippen LogP contribution < -0.4 is 10.6 Å². The molecule has 5 heteroatoms. The fourth-order valence-corrected chi connectivity index (χ4v) is 5.64. The summed E-state index contributed by atoms with van der Waals surface area (Å²) < 4.78 is 6.02. The molecule has 0 aromatic rings. The number of hydrogen-bond acceptors (Lipinski definition) is 3. The van der Waals surface area contributed by atoms with E-state index in [-0.39, 0.29) is 5.41 Å². The molecule has 3 fully saturated rings. The molecule has 0 aromatic heterocycles. The summed E-state index contributed by atoms with van der Waals surface area (Å²) in [7, 11) is 0. The van der Waals surface area contributed by atoms with Crippen molar-refractivity contribution in [3.8, 4) is 0 Å². The van der Waals surface area contributed by atoms with Crippen LogP contribution in [0.25, 0.3) is 0 Å². The number of nitrogens with zero attached hydrogens (tertiary/aromatic N) is 1. The summed E-state index contributed by atoms with van der Waals surface area (Å²) >= 11 is 2.09. The first-order chi connectivity index (χ1) is 11.1. The van der Waals surface area contributed by atoms with Gasteiger partial charge in [-0.25, -0.2) is 0 Å². The van der Waals surface area contributed by atoms with Crippen molar-refractivity contribution < 1.29 is 4.74 Å². The van der Waals surface area contributed by atoms with E-state index in [1.54, 1.807) is 0 Å². The molecule has 0 radical (unpaired) electrons. The van der Waals surface area contributed by atoms with Crippen LogP contribution in [0.15, 0.2) is 4.99 Å². The molecular formula is C18H33N3OS. The van der Waals surface area contributed by atoms with Crippen molar-refractivity contribution in [1.29, 1.82) is 0 Å². The zero-order valence-electron chi connectivity index (χ0n) is 14.9. The smallest absolute Gasteiger partial charge is 0.191 e. The van der Waals surface area contributed by atoms with E-state index in [4.69, 9.17) is 9.73 Å². The van der Waals surface area contributed by atoms with E-state index >= 15 is 0 Å². The number of fused-ring (bicyclic) bond motifs is 1. The number of guanidine groups is 1. The quantitative estimate of drug-likeness (QED) is 0.611. The molecule has 3 aliphatic rings. The molecule has 3 atom stereocenters. The molecule has 2 aliphatic heterocycles. The second-order valence-electron chi connectivity index (χ2n) is 7.82. The fraction of sp³-hybridized carbons (Fsp3) is 0.944. The average molecular weight is 340 g/mol. The van der Waals surface area contributed by atoms with Gasteiger partial charge in [0.05, 0.1) is 6.10 Å². The maximum absolute atomic E-state index is 6.02. The molecular weight excluding hydrogens is 306 g/mol. The third-order valence-electron chi connectivity index (χ3n) is 5.82. The van der Waals surface area contributed by atoms with E-state index in [1.165, 1.54) is 37.2 Å². The lowest BCUT2D eigenvalue weighted by Gasteiger charge is -2.60. The highest BCUT2D eigenvalue weighted by molar-refractivity contribution is 7.99. The molecule has 0 bridgehead atoms. The van der Waals surface area contributed by atoms with Crippen LogP contribution in [0.2, 0.25) is 0 Å². The normalized spacial score (nSPS) is 34.4. The SMILES string of the molecule is CCNC(=NCC1CCSCC1)NC1C2CCCOC2C1(C)C. The summed E-state index contributed by atoms with van der Waals surface area (Å²) in [6, 6.07) is 0.479. The van der Waals surface area contributed by atoms with Gasteiger partial charge in [0, 0.05) is 37.1 Å². The third-order valence-corrected chi connectivity index (χ3v) is 6.86. The van der Waals surface area contributed by atoms with Crippen LogP contribution in [0.4, 0.5) is 0 Å². The lowest BCUT2D eigenvalue weighted by Crippen LogP contribution is -2.71. The summed E-state index contributed by atoms with van der Waals surface area (Å²) in [5.41, 5.74) is 0.197. The van der Waals surface area contributed by atoms with E-state index in [0.717, 1.165) is 31.6 Å². The Morgan fingerprint density at radius 3 is 2.78 bits per heavy atom. The fourth-order valence-electron chi connectivity index (χ4n) is 4.43. The Labute approximate surface area is 145 Å². The molecule has 1 aliphatic carbocycles. The van der Waals surface area contributed by atoms with Gasteiger partial charge in [-0.2, -0.15) is 11.8 Å². The first-order valence-corrected chi connectivity index (χ1v) is 10.5. The lowest BCUT2D eigenvalue weighted by atomic mass is 9.55. The van der Waals surface area contributed by atoms with Crippen molar-refractivity contribution in [2.24, 2.45) is 22.2 Å². The van der Waals surface area contributed by atoms with Crippen LogP contribution >= 0.6 is 11.8 Å². The van der Waals surface area contributed by atoms with Crippen LogP contribution in [0.1, 0.15) is 46.5 Å². The molecule has 0 aromatic carbocycles. The molecule has 23 heavy (non-hydrogen) atoms. The highest BCUT2D eigenvalue weighted by Gasteiger charge is 2.58. The van der Waals surface area contributed by atoms with Crippen molar-refractivity contribution in [3.05, 3.63) is 0 Å². The predicted octanol–water partition coefficient (Wildman–Crippen LogP) is 2.89. The van der Waals surface area contributed by atoms with Crippen molar-refractivity contribution in [1.82, 2.24) is 10.6 Å². The van der Waals surface area contributed by atoms with Gasteiger partial charge in [0.1, 0.15) is 0 Å². The van der Waals surface area contributed by atoms with Crippen LogP contribution in [0.5, 0.6) is 0 Å². The summed E-state index contributed by atoms with van der Waals surface area (Å²) in [6.45, 7) is 9.63. The number of nitrogens with one attached hydrogen (secondary N) is 2. The molecule has 2 saturated heterocycles. The second kappa shape index (κ2) is 7.64. The number of hydrogen-bond donors (Lipinski definition) is 2. The Hall–Kier alpha value is -0.420. The van der Waals surface area contributed by atoms with E-state index < -0.39 is 0 Å². The van der Waals surface area contributed by atoms with Crippen LogP contribution in [-0.4, -0.2) is 49.3 Å². The summed E-state index contributed by atoms with van der Waals surface area (Å²) in [5.74, 6) is 5.04. The average Bonchev–Trinajstić information content (AvgIpc) is 2.58. The highest BCUT2D eigenvalue weighted by atomic mass is 32.2. The van der Waals surface area contributed by atoms with Crippen LogP contribution in [0, 0.1) is 17.3 Å². The topological polar surface area (TPSA) is 45.7 Å². The molecule has 0 spiro atoms. The van der Waals surface area contributed by atoms with Gasteiger partial charge in [0.15, 0.2) is 5.96 Å². The standard InChI is InChI=1S/C18H33N3OS/c1-4-19-17(20-12-13-7-10-23-11-8-13)21-15-14-6-5-9-22-16(14)18(15,2)3/h13-16H,4-12H2,1-3H3,(H2,19,20,21). The van der Waals surface area contributed by atoms with Gasteiger partial charge < -0.3 is 15.4 Å². The molecule has 3 unspecified atom stereocenters. The minimum Gasteiger partial charge on any atom is -0.377 e. The van der Waals surface area contributed by atoms with E-state index in [9.17, 15) is 0 Å². The van der Waals surface area contributed by atoms with Crippen LogP contribution in [0.3, 0.4) is 0 Å². The van der Waals surface area contributed by atoms with Crippen LogP contribution in [-0.2, 0) is 4.74 Å². The minimum atomic E-state index is 0.197.